The highest BCUT2D eigenvalue weighted by Crippen LogP contribution is 2.26. The quantitative estimate of drug-likeness (QED) is 0.801. The van der Waals surface area contributed by atoms with E-state index in [9.17, 15) is 0 Å². The third-order valence-electron chi connectivity index (χ3n) is 3.46. The van der Waals surface area contributed by atoms with Crippen LogP contribution < -0.4 is 5.73 Å². The number of imidazole rings is 1. The molecule has 0 radical (unpaired) electrons. The van der Waals surface area contributed by atoms with Crippen molar-refractivity contribution in [3.8, 4) is 11.4 Å². The van der Waals surface area contributed by atoms with Gasteiger partial charge < -0.3 is 10.3 Å². The van der Waals surface area contributed by atoms with Gasteiger partial charge in [-0.3, -0.25) is 0 Å². The molecule has 3 aromatic rings. The molecule has 0 aliphatic carbocycles. The largest absolute Gasteiger partial charge is 0.330 e. The van der Waals surface area contributed by atoms with Crippen LogP contribution in [0.5, 0.6) is 0 Å². The van der Waals surface area contributed by atoms with Gasteiger partial charge >= 0.3 is 0 Å². The highest BCUT2D eigenvalue weighted by atomic mass is 35.5. The van der Waals surface area contributed by atoms with E-state index in [0.29, 0.717) is 6.54 Å². The molecule has 0 spiro atoms. The summed E-state index contributed by atoms with van der Waals surface area (Å²) >= 11 is 6.06. The average molecular weight is 286 g/mol. The number of hydrogen-bond acceptors (Lipinski definition) is 2. The molecule has 0 saturated heterocycles. The summed E-state index contributed by atoms with van der Waals surface area (Å²) in [5.74, 6) is 0.945. The van der Waals surface area contributed by atoms with Crippen LogP contribution in [0.3, 0.4) is 0 Å². The lowest BCUT2D eigenvalue weighted by atomic mass is 10.1. The Bertz CT molecular complexity index is 762. The number of hydrogen-bond donors (Lipinski definition) is 1. The Labute approximate surface area is 123 Å². The molecule has 2 N–H and O–H groups in total. The van der Waals surface area contributed by atoms with Crippen molar-refractivity contribution in [1.82, 2.24) is 9.55 Å². The van der Waals surface area contributed by atoms with E-state index in [1.807, 2.05) is 31.3 Å². The summed E-state index contributed by atoms with van der Waals surface area (Å²) in [6, 6.07) is 14.1. The summed E-state index contributed by atoms with van der Waals surface area (Å²) in [7, 11) is 2.01. The molecular weight excluding hydrogens is 270 g/mol. The van der Waals surface area contributed by atoms with Crippen LogP contribution in [0.2, 0.25) is 5.02 Å². The minimum Gasteiger partial charge on any atom is -0.330 e. The van der Waals surface area contributed by atoms with E-state index in [0.717, 1.165) is 33.9 Å². The standard InChI is InChI=1S/C16H16ClN3/c1-20-15-10-13(17)5-6-14(15)19-16(20)12-4-2-3-11(9-12)7-8-18/h2-6,9-10H,7-8,18H2,1H3. The lowest BCUT2D eigenvalue weighted by Crippen LogP contribution is -2.02. The Morgan fingerprint density at radius 3 is 2.85 bits per heavy atom. The number of benzene rings is 2. The molecule has 3 rings (SSSR count). The lowest BCUT2D eigenvalue weighted by Gasteiger charge is -2.05. The van der Waals surface area contributed by atoms with Gasteiger partial charge in [-0.15, -0.1) is 0 Å². The minimum absolute atomic E-state index is 0.654. The van der Waals surface area contributed by atoms with Crippen molar-refractivity contribution < 1.29 is 0 Å². The molecule has 1 heterocycles. The number of rotatable bonds is 3. The Hall–Kier alpha value is -1.84. The molecule has 1 aromatic heterocycles. The number of aromatic nitrogens is 2. The zero-order valence-electron chi connectivity index (χ0n) is 11.3. The third-order valence-corrected chi connectivity index (χ3v) is 3.70. The molecule has 0 fully saturated rings. The second-order valence-electron chi connectivity index (χ2n) is 4.87. The third kappa shape index (κ3) is 2.30. The van der Waals surface area contributed by atoms with Gasteiger partial charge in [0.2, 0.25) is 0 Å². The van der Waals surface area contributed by atoms with Gasteiger partial charge in [0.15, 0.2) is 0 Å². The second-order valence-corrected chi connectivity index (χ2v) is 5.30. The fourth-order valence-corrected chi connectivity index (χ4v) is 2.62. The molecule has 0 saturated carbocycles. The molecule has 0 bridgehead atoms. The van der Waals surface area contributed by atoms with E-state index in [2.05, 4.69) is 22.8 Å². The summed E-state index contributed by atoms with van der Waals surface area (Å²) in [5.41, 5.74) is 9.95. The number of aryl methyl sites for hydroxylation is 1. The summed E-state index contributed by atoms with van der Waals surface area (Å²) in [5, 5.41) is 0.726. The van der Waals surface area contributed by atoms with E-state index in [-0.39, 0.29) is 0 Å². The van der Waals surface area contributed by atoms with Crippen molar-refractivity contribution in [3.63, 3.8) is 0 Å². The van der Waals surface area contributed by atoms with Gasteiger partial charge in [0.1, 0.15) is 5.82 Å². The van der Waals surface area contributed by atoms with Crippen molar-refractivity contribution in [2.75, 3.05) is 6.54 Å². The molecule has 102 valence electrons. The van der Waals surface area contributed by atoms with Crippen LogP contribution in [0.1, 0.15) is 5.56 Å². The van der Waals surface area contributed by atoms with E-state index < -0.39 is 0 Å². The fourth-order valence-electron chi connectivity index (χ4n) is 2.45. The summed E-state index contributed by atoms with van der Waals surface area (Å²) in [6.07, 6.45) is 0.879. The molecule has 0 atom stereocenters. The van der Waals surface area contributed by atoms with Crippen LogP contribution in [-0.2, 0) is 13.5 Å². The van der Waals surface area contributed by atoms with Crippen molar-refractivity contribution in [2.45, 2.75) is 6.42 Å². The van der Waals surface area contributed by atoms with Crippen LogP contribution in [0.25, 0.3) is 22.4 Å². The molecule has 3 nitrogen and oxygen atoms in total. The predicted molar refractivity (Wildman–Crippen MR) is 83.9 cm³/mol. The molecule has 20 heavy (non-hydrogen) atoms. The molecule has 4 heteroatoms. The Kier molecular flexibility index (Phi) is 3.47. The fraction of sp³-hybridized carbons (Fsp3) is 0.188. The van der Waals surface area contributed by atoms with E-state index in [1.54, 1.807) is 0 Å². The molecule has 0 unspecified atom stereocenters. The van der Waals surface area contributed by atoms with Crippen molar-refractivity contribution in [1.29, 1.82) is 0 Å². The molecule has 0 aliphatic heterocycles. The zero-order valence-corrected chi connectivity index (χ0v) is 12.1. The van der Waals surface area contributed by atoms with Gasteiger partial charge in [0, 0.05) is 17.6 Å². The van der Waals surface area contributed by atoms with Crippen LogP contribution in [-0.4, -0.2) is 16.1 Å². The van der Waals surface area contributed by atoms with E-state index >= 15 is 0 Å². The molecule has 0 amide bonds. The predicted octanol–water partition coefficient (Wildman–Crippen LogP) is 3.39. The van der Waals surface area contributed by atoms with Crippen molar-refractivity contribution in [2.24, 2.45) is 12.8 Å². The second kappa shape index (κ2) is 5.27. The maximum atomic E-state index is 6.06. The van der Waals surface area contributed by atoms with Crippen molar-refractivity contribution in [3.05, 3.63) is 53.1 Å². The SMILES string of the molecule is Cn1c(-c2cccc(CCN)c2)nc2ccc(Cl)cc21. The summed E-state index contributed by atoms with van der Waals surface area (Å²) < 4.78 is 2.07. The van der Waals surface area contributed by atoms with Crippen LogP contribution in [0.4, 0.5) is 0 Å². The van der Waals surface area contributed by atoms with E-state index in [4.69, 9.17) is 22.3 Å². The Morgan fingerprint density at radius 1 is 1.20 bits per heavy atom. The van der Waals surface area contributed by atoms with E-state index in [1.165, 1.54) is 5.56 Å². The summed E-state index contributed by atoms with van der Waals surface area (Å²) in [6.45, 7) is 0.654. The smallest absolute Gasteiger partial charge is 0.140 e. The topological polar surface area (TPSA) is 43.8 Å². The Morgan fingerprint density at radius 2 is 2.05 bits per heavy atom. The first-order chi connectivity index (χ1) is 9.69. The summed E-state index contributed by atoms with van der Waals surface area (Å²) in [4.78, 5) is 4.70. The number of fused-ring (bicyclic) bond motifs is 1. The zero-order chi connectivity index (χ0) is 14.1. The first-order valence-corrected chi connectivity index (χ1v) is 6.98. The number of nitrogens with two attached hydrogens (primary N) is 1. The van der Waals surface area contributed by atoms with Gasteiger partial charge in [-0.25, -0.2) is 4.98 Å². The maximum Gasteiger partial charge on any atom is 0.140 e. The van der Waals surface area contributed by atoms with Gasteiger partial charge in [0.25, 0.3) is 0 Å². The molecule has 0 aliphatic rings. The van der Waals surface area contributed by atoms with Crippen LogP contribution in [0, 0.1) is 0 Å². The first-order valence-electron chi connectivity index (χ1n) is 6.60. The van der Waals surface area contributed by atoms with Crippen LogP contribution >= 0.6 is 11.6 Å². The maximum absolute atomic E-state index is 6.06. The highest BCUT2D eigenvalue weighted by Gasteiger charge is 2.10. The van der Waals surface area contributed by atoms with Crippen LogP contribution in [0.15, 0.2) is 42.5 Å². The van der Waals surface area contributed by atoms with Crippen molar-refractivity contribution >= 4 is 22.6 Å². The lowest BCUT2D eigenvalue weighted by molar-refractivity contribution is 0.951. The normalized spacial score (nSPS) is 11.2. The first kappa shape index (κ1) is 13.2. The highest BCUT2D eigenvalue weighted by molar-refractivity contribution is 6.31. The van der Waals surface area contributed by atoms with Gasteiger partial charge in [0.05, 0.1) is 11.0 Å². The monoisotopic (exact) mass is 285 g/mol. The number of halogens is 1. The van der Waals surface area contributed by atoms with Gasteiger partial charge in [-0.1, -0.05) is 29.8 Å². The molecule has 2 aromatic carbocycles. The number of nitrogens with zero attached hydrogens (tertiary/aromatic N) is 2. The minimum atomic E-state index is 0.654. The molecular formula is C16H16ClN3. The van der Waals surface area contributed by atoms with Gasteiger partial charge in [-0.05, 0) is 42.8 Å². The Balaban J connectivity index is 2.14. The average Bonchev–Trinajstić information content (AvgIpc) is 2.77. The van der Waals surface area contributed by atoms with Gasteiger partial charge in [-0.2, -0.15) is 0 Å².